The van der Waals surface area contributed by atoms with E-state index in [1.165, 1.54) is 11.0 Å². The van der Waals surface area contributed by atoms with E-state index in [4.69, 9.17) is 0 Å². The number of likely N-dealkylation sites (N-methyl/N-ethyl adjacent to an activating group) is 1. The summed E-state index contributed by atoms with van der Waals surface area (Å²) in [6.45, 7) is 5.70. The third kappa shape index (κ3) is 8.25. The van der Waals surface area contributed by atoms with Crippen LogP contribution in [0.5, 0.6) is 0 Å². The van der Waals surface area contributed by atoms with Gasteiger partial charge in [0.25, 0.3) is 0 Å². The molecule has 36 heavy (non-hydrogen) atoms. The van der Waals surface area contributed by atoms with Crippen LogP contribution in [0.15, 0.2) is 48.5 Å². The number of sulfonamides is 1. The van der Waals surface area contributed by atoms with Gasteiger partial charge < -0.3 is 10.2 Å². The Labute approximate surface area is 210 Å². The number of hydrogen-bond donors (Lipinski definition) is 1. The molecule has 0 saturated carbocycles. The first kappa shape index (κ1) is 29.2. The Kier molecular flexibility index (Phi) is 9.92. The minimum atomic E-state index is -4.62. The van der Waals surface area contributed by atoms with Crippen LogP contribution in [0.4, 0.5) is 18.9 Å². The molecule has 0 fully saturated rings. The summed E-state index contributed by atoms with van der Waals surface area (Å²) in [6, 6.07) is 10.8. The lowest BCUT2D eigenvalue weighted by Crippen LogP contribution is -2.47. The fourth-order valence-electron chi connectivity index (χ4n) is 3.64. The van der Waals surface area contributed by atoms with Crippen molar-refractivity contribution in [3.8, 4) is 0 Å². The highest BCUT2D eigenvalue weighted by Gasteiger charge is 2.32. The van der Waals surface area contributed by atoms with Gasteiger partial charge in [0.15, 0.2) is 0 Å². The molecule has 2 aromatic carbocycles. The Hall–Kier alpha value is -3.08. The molecule has 11 heteroatoms. The van der Waals surface area contributed by atoms with Crippen LogP contribution in [0, 0.1) is 6.92 Å². The van der Waals surface area contributed by atoms with Crippen molar-refractivity contribution in [1.82, 2.24) is 10.2 Å². The van der Waals surface area contributed by atoms with Crippen LogP contribution in [0.25, 0.3) is 0 Å². The minimum absolute atomic E-state index is 0.0503. The van der Waals surface area contributed by atoms with Gasteiger partial charge in [0.1, 0.15) is 6.04 Å². The standard InChI is InChI=1S/C25H32F3N3O4S/c1-5-29-24(33)19(3)30(17-20-13-11-18(2)12-14-20)23(32)10-7-15-31(36(4,34)35)22-9-6-8-21(16-22)25(26,27)28/h6,8-9,11-14,16,19H,5,7,10,15,17H2,1-4H3,(H,29,33). The molecule has 7 nitrogen and oxygen atoms in total. The van der Waals surface area contributed by atoms with Gasteiger partial charge in [0, 0.05) is 26.1 Å². The predicted octanol–water partition coefficient (Wildman–Crippen LogP) is 4.11. The summed E-state index contributed by atoms with van der Waals surface area (Å²) in [4.78, 5) is 27.0. The van der Waals surface area contributed by atoms with Crippen LogP contribution in [0.3, 0.4) is 0 Å². The van der Waals surface area contributed by atoms with E-state index >= 15 is 0 Å². The van der Waals surface area contributed by atoms with Crippen LogP contribution in [0.2, 0.25) is 0 Å². The topological polar surface area (TPSA) is 86.8 Å². The van der Waals surface area contributed by atoms with E-state index in [-0.39, 0.29) is 43.4 Å². The van der Waals surface area contributed by atoms with Crippen molar-refractivity contribution >= 4 is 27.5 Å². The molecule has 0 aromatic heterocycles. The molecule has 0 heterocycles. The minimum Gasteiger partial charge on any atom is -0.355 e. The number of anilines is 1. The van der Waals surface area contributed by atoms with Gasteiger partial charge in [0.05, 0.1) is 17.5 Å². The number of halogens is 3. The van der Waals surface area contributed by atoms with Gasteiger partial charge >= 0.3 is 6.18 Å². The van der Waals surface area contributed by atoms with E-state index in [0.29, 0.717) is 6.54 Å². The van der Waals surface area contributed by atoms with Crippen LogP contribution in [0.1, 0.15) is 43.4 Å². The third-order valence-electron chi connectivity index (χ3n) is 5.61. The highest BCUT2D eigenvalue weighted by atomic mass is 32.2. The molecule has 0 aliphatic rings. The normalized spacial score (nSPS) is 12.6. The number of rotatable bonds is 11. The van der Waals surface area contributed by atoms with Crippen molar-refractivity contribution in [3.63, 3.8) is 0 Å². The molecule has 2 amide bonds. The molecule has 0 spiro atoms. The lowest BCUT2D eigenvalue weighted by Gasteiger charge is -2.29. The fraction of sp³-hybridized carbons (Fsp3) is 0.440. The van der Waals surface area contributed by atoms with Crippen molar-refractivity contribution in [2.75, 3.05) is 23.7 Å². The Morgan fingerprint density at radius 1 is 1.08 bits per heavy atom. The smallest absolute Gasteiger partial charge is 0.355 e. The number of nitrogens with one attached hydrogen (secondary N) is 1. The van der Waals surface area contributed by atoms with Crippen molar-refractivity contribution in [2.24, 2.45) is 0 Å². The first-order valence-corrected chi connectivity index (χ1v) is 13.4. The second-order valence-electron chi connectivity index (χ2n) is 8.56. The molecular formula is C25H32F3N3O4S. The van der Waals surface area contributed by atoms with Gasteiger partial charge in [-0.05, 0) is 51.0 Å². The first-order chi connectivity index (χ1) is 16.7. The second kappa shape index (κ2) is 12.2. The van der Waals surface area contributed by atoms with E-state index < -0.39 is 27.8 Å². The van der Waals surface area contributed by atoms with Crippen molar-refractivity contribution in [1.29, 1.82) is 0 Å². The Balaban J connectivity index is 2.19. The molecule has 2 aromatic rings. The summed E-state index contributed by atoms with van der Waals surface area (Å²) in [6.07, 6.45) is -3.77. The van der Waals surface area contributed by atoms with Crippen molar-refractivity contribution in [2.45, 2.75) is 52.4 Å². The zero-order valence-corrected chi connectivity index (χ0v) is 21.6. The summed E-state index contributed by atoms with van der Waals surface area (Å²) in [5, 5.41) is 2.70. The summed E-state index contributed by atoms with van der Waals surface area (Å²) >= 11 is 0. The third-order valence-corrected chi connectivity index (χ3v) is 6.80. The van der Waals surface area contributed by atoms with Gasteiger partial charge in [-0.25, -0.2) is 8.42 Å². The summed E-state index contributed by atoms with van der Waals surface area (Å²) in [5.74, 6) is -0.688. The summed E-state index contributed by atoms with van der Waals surface area (Å²) in [7, 11) is -3.91. The molecule has 1 atom stereocenters. The average molecular weight is 528 g/mol. The highest BCUT2D eigenvalue weighted by Crippen LogP contribution is 2.32. The summed E-state index contributed by atoms with van der Waals surface area (Å²) < 4.78 is 64.9. The quantitative estimate of drug-likeness (QED) is 0.477. The van der Waals surface area contributed by atoms with Crippen LogP contribution in [-0.4, -0.2) is 50.5 Å². The average Bonchev–Trinajstić information content (AvgIpc) is 2.79. The Morgan fingerprint density at radius 2 is 1.72 bits per heavy atom. The highest BCUT2D eigenvalue weighted by molar-refractivity contribution is 7.92. The van der Waals surface area contributed by atoms with Crippen LogP contribution in [-0.2, 0) is 32.3 Å². The molecular weight excluding hydrogens is 495 g/mol. The van der Waals surface area contributed by atoms with E-state index in [1.807, 2.05) is 31.2 Å². The maximum Gasteiger partial charge on any atom is 0.416 e. The number of alkyl halides is 3. The van der Waals surface area contributed by atoms with Gasteiger partial charge in [-0.3, -0.25) is 13.9 Å². The van der Waals surface area contributed by atoms with E-state index in [1.54, 1.807) is 13.8 Å². The molecule has 0 radical (unpaired) electrons. The van der Waals surface area contributed by atoms with Crippen molar-refractivity contribution < 1.29 is 31.2 Å². The Bertz CT molecular complexity index is 1150. The number of carbonyl (C=O) groups excluding carboxylic acids is 2. The molecule has 2 rings (SSSR count). The zero-order valence-electron chi connectivity index (χ0n) is 20.8. The number of nitrogens with zero attached hydrogens (tertiary/aromatic N) is 2. The maximum atomic E-state index is 13.1. The second-order valence-corrected chi connectivity index (χ2v) is 10.5. The molecule has 0 bridgehead atoms. The molecule has 1 unspecified atom stereocenters. The van der Waals surface area contributed by atoms with Gasteiger partial charge in [-0.1, -0.05) is 35.9 Å². The lowest BCUT2D eigenvalue weighted by molar-refractivity contribution is -0.140. The number of carbonyl (C=O) groups is 2. The first-order valence-electron chi connectivity index (χ1n) is 11.5. The number of aryl methyl sites for hydroxylation is 1. The maximum absolute atomic E-state index is 13.1. The lowest BCUT2D eigenvalue weighted by atomic mass is 10.1. The van der Waals surface area contributed by atoms with E-state index in [9.17, 15) is 31.2 Å². The predicted molar refractivity (Wildman–Crippen MR) is 133 cm³/mol. The van der Waals surface area contributed by atoms with Crippen LogP contribution >= 0.6 is 0 Å². The molecule has 0 aliphatic carbocycles. The molecule has 0 saturated heterocycles. The summed E-state index contributed by atoms with van der Waals surface area (Å²) in [5.41, 5.74) is 0.771. The fourth-order valence-corrected chi connectivity index (χ4v) is 4.59. The van der Waals surface area contributed by atoms with Crippen LogP contribution < -0.4 is 9.62 Å². The van der Waals surface area contributed by atoms with Crippen molar-refractivity contribution in [3.05, 3.63) is 65.2 Å². The number of hydrogen-bond acceptors (Lipinski definition) is 4. The van der Waals surface area contributed by atoms with Gasteiger partial charge in [-0.15, -0.1) is 0 Å². The SMILES string of the molecule is CCNC(=O)C(C)N(Cc1ccc(C)cc1)C(=O)CCCN(c1cccc(C(F)(F)F)c1)S(C)(=O)=O. The molecule has 1 N–H and O–H groups in total. The Morgan fingerprint density at radius 3 is 2.28 bits per heavy atom. The number of amides is 2. The van der Waals surface area contributed by atoms with E-state index in [0.717, 1.165) is 39.9 Å². The number of benzene rings is 2. The van der Waals surface area contributed by atoms with E-state index in [2.05, 4.69) is 5.32 Å². The molecule has 0 aliphatic heterocycles. The molecule has 198 valence electrons. The van der Waals surface area contributed by atoms with Gasteiger partial charge in [-0.2, -0.15) is 13.2 Å². The zero-order chi connectivity index (χ0) is 27.1. The largest absolute Gasteiger partial charge is 0.416 e. The monoisotopic (exact) mass is 527 g/mol. The van der Waals surface area contributed by atoms with Gasteiger partial charge in [0.2, 0.25) is 21.8 Å².